The van der Waals surface area contributed by atoms with Crippen molar-refractivity contribution in [2.75, 3.05) is 7.11 Å². The van der Waals surface area contributed by atoms with Crippen LogP contribution in [0, 0.1) is 0 Å². The van der Waals surface area contributed by atoms with Crippen LogP contribution in [0.2, 0.25) is 0 Å². The first-order chi connectivity index (χ1) is 11.9. The van der Waals surface area contributed by atoms with Crippen molar-refractivity contribution >= 4 is 15.8 Å². The molecule has 0 amide bonds. The third kappa shape index (κ3) is 7.85. The molecule has 4 N–H and O–H groups in total. The second-order valence-electron chi connectivity index (χ2n) is 5.61. The standard InChI is InChI=1S/C17H26O5S.H3NO/c1-3-4-5-6-7-8-12-16(17(18)19)23(20,21)15-11-9-10-14(13-15)22-2;1-2/h9-11,13,16H,3-8,12H2,1-2H3,(H,18,19);2H,1H2. The van der Waals surface area contributed by atoms with Gasteiger partial charge < -0.3 is 15.1 Å². The van der Waals surface area contributed by atoms with E-state index in [-0.39, 0.29) is 11.3 Å². The number of carboxylic acid groups (broad SMARTS) is 1. The van der Waals surface area contributed by atoms with Gasteiger partial charge in [0.2, 0.25) is 0 Å². The third-order valence-electron chi connectivity index (χ3n) is 3.84. The number of carboxylic acids is 1. The number of aliphatic carboxylic acids is 1. The Morgan fingerprint density at radius 1 is 1.16 bits per heavy atom. The van der Waals surface area contributed by atoms with Crippen LogP contribution < -0.4 is 10.6 Å². The average molecular weight is 375 g/mol. The summed E-state index contributed by atoms with van der Waals surface area (Å²) in [5, 5.41) is 14.4. The summed E-state index contributed by atoms with van der Waals surface area (Å²) >= 11 is 0. The summed E-state index contributed by atoms with van der Waals surface area (Å²) in [5.74, 6) is 2.61. The van der Waals surface area contributed by atoms with Gasteiger partial charge in [-0.25, -0.2) is 14.3 Å². The molecule has 0 aliphatic rings. The number of rotatable bonds is 11. The summed E-state index contributed by atoms with van der Waals surface area (Å²) < 4.78 is 30.2. The van der Waals surface area contributed by atoms with Gasteiger partial charge in [0.25, 0.3) is 0 Å². The summed E-state index contributed by atoms with van der Waals surface area (Å²) in [6, 6.07) is 5.96. The molecular weight excluding hydrogens is 346 g/mol. The SMILES string of the molecule is CCCCCCCCC(C(=O)O)S(=O)(=O)c1cccc(OC)c1.NO. The first-order valence-electron chi connectivity index (χ1n) is 8.30. The van der Waals surface area contributed by atoms with Crippen LogP contribution in [-0.2, 0) is 14.6 Å². The zero-order valence-electron chi connectivity index (χ0n) is 14.8. The minimum Gasteiger partial charge on any atom is -0.497 e. The van der Waals surface area contributed by atoms with E-state index >= 15 is 0 Å². The van der Waals surface area contributed by atoms with E-state index in [1.54, 1.807) is 12.1 Å². The minimum atomic E-state index is -3.91. The van der Waals surface area contributed by atoms with E-state index in [0.29, 0.717) is 12.2 Å². The number of carbonyl (C=O) groups is 1. The van der Waals surface area contributed by atoms with Gasteiger partial charge >= 0.3 is 5.97 Å². The average Bonchev–Trinajstić information content (AvgIpc) is 2.62. The molecule has 0 fully saturated rings. The van der Waals surface area contributed by atoms with Crippen LogP contribution in [0.25, 0.3) is 0 Å². The van der Waals surface area contributed by atoms with Crippen LogP contribution in [0.1, 0.15) is 51.9 Å². The maximum absolute atomic E-state index is 12.6. The maximum atomic E-state index is 12.6. The highest BCUT2D eigenvalue weighted by Gasteiger charge is 2.33. The first kappa shape index (κ1) is 23.4. The molecule has 25 heavy (non-hydrogen) atoms. The lowest BCUT2D eigenvalue weighted by molar-refractivity contribution is -0.136. The fourth-order valence-electron chi connectivity index (χ4n) is 2.46. The maximum Gasteiger partial charge on any atom is 0.322 e. The molecule has 0 aliphatic heterocycles. The molecule has 1 aromatic carbocycles. The number of benzene rings is 1. The highest BCUT2D eigenvalue weighted by atomic mass is 32.2. The van der Waals surface area contributed by atoms with Crippen LogP contribution in [0.15, 0.2) is 29.2 Å². The molecule has 144 valence electrons. The molecule has 8 heteroatoms. The van der Waals surface area contributed by atoms with Crippen molar-refractivity contribution in [3.63, 3.8) is 0 Å². The van der Waals surface area contributed by atoms with Crippen LogP contribution >= 0.6 is 0 Å². The van der Waals surface area contributed by atoms with Gasteiger partial charge in [0.15, 0.2) is 15.1 Å². The van der Waals surface area contributed by atoms with E-state index in [1.165, 1.54) is 19.2 Å². The number of methoxy groups -OCH3 is 1. The van der Waals surface area contributed by atoms with Crippen molar-refractivity contribution in [3.8, 4) is 5.75 Å². The lowest BCUT2D eigenvalue weighted by Crippen LogP contribution is -2.30. The number of hydrogen-bond donors (Lipinski definition) is 3. The van der Waals surface area contributed by atoms with Crippen molar-refractivity contribution < 1.29 is 28.3 Å². The lowest BCUT2D eigenvalue weighted by atomic mass is 10.1. The Balaban J connectivity index is 0.00000277. The van der Waals surface area contributed by atoms with Crippen LogP contribution in [0.4, 0.5) is 0 Å². The summed E-state index contributed by atoms with van der Waals surface area (Å²) in [7, 11) is -2.47. The summed E-state index contributed by atoms with van der Waals surface area (Å²) in [5.41, 5.74) is 0. The molecular formula is C17H29NO6S. The highest BCUT2D eigenvalue weighted by Crippen LogP contribution is 2.24. The van der Waals surface area contributed by atoms with Gasteiger partial charge in [-0.1, -0.05) is 51.5 Å². The monoisotopic (exact) mass is 375 g/mol. The van der Waals surface area contributed by atoms with Crippen LogP contribution in [0.3, 0.4) is 0 Å². The van der Waals surface area contributed by atoms with E-state index in [1.807, 2.05) is 0 Å². The Bertz CT molecular complexity index is 603. The van der Waals surface area contributed by atoms with Gasteiger partial charge in [0.1, 0.15) is 5.75 Å². The first-order valence-corrected chi connectivity index (χ1v) is 9.84. The normalized spacial score (nSPS) is 12.0. The second-order valence-corrected chi connectivity index (χ2v) is 7.74. The van der Waals surface area contributed by atoms with Gasteiger partial charge in [-0.2, -0.15) is 0 Å². The molecule has 7 nitrogen and oxygen atoms in total. The molecule has 0 saturated heterocycles. The van der Waals surface area contributed by atoms with Crippen LogP contribution in [0.5, 0.6) is 5.75 Å². The largest absolute Gasteiger partial charge is 0.497 e. The van der Waals surface area contributed by atoms with Crippen molar-refractivity contribution in [3.05, 3.63) is 24.3 Å². The number of ether oxygens (including phenoxy) is 1. The fraction of sp³-hybridized carbons (Fsp3) is 0.588. The van der Waals surface area contributed by atoms with E-state index in [0.717, 1.165) is 32.1 Å². The Morgan fingerprint density at radius 2 is 1.76 bits per heavy atom. The summed E-state index contributed by atoms with van der Waals surface area (Å²) in [6.07, 6.45) is 6.02. The summed E-state index contributed by atoms with van der Waals surface area (Å²) in [4.78, 5) is 11.4. The molecule has 0 radical (unpaired) electrons. The molecule has 0 aromatic heterocycles. The molecule has 0 saturated carbocycles. The van der Waals surface area contributed by atoms with Crippen molar-refractivity contribution in [1.29, 1.82) is 0 Å². The zero-order chi connectivity index (χ0) is 19.3. The topological polar surface area (TPSA) is 127 Å². The number of unbranched alkanes of at least 4 members (excludes halogenated alkanes) is 5. The van der Waals surface area contributed by atoms with Crippen molar-refractivity contribution in [2.45, 2.75) is 62.0 Å². The molecule has 0 heterocycles. The van der Waals surface area contributed by atoms with E-state index in [2.05, 4.69) is 12.8 Å². The molecule has 1 unspecified atom stereocenters. The third-order valence-corrected chi connectivity index (χ3v) is 5.94. The second kappa shape index (κ2) is 12.7. The molecule has 1 rings (SSSR count). The van der Waals surface area contributed by atoms with Gasteiger partial charge in [-0.05, 0) is 24.6 Å². The van der Waals surface area contributed by atoms with Gasteiger partial charge in [-0.15, -0.1) is 0 Å². The smallest absolute Gasteiger partial charge is 0.322 e. The summed E-state index contributed by atoms with van der Waals surface area (Å²) in [6.45, 7) is 2.13. The Labute approximate surface area is 149 Å². The quantitative estimate of drug-likeness (QED) is 0.401. The van der Waals surface area contributed by atoms with E-state index in [4.69, 9.17) is 9.94 Å². The Hall–Kier alpha value is -1.64. The van der Waals surface area contributed by atoms with E-state index < -0.39 is 21.1 Å². The Kier molecular flexibility index (Phi) is 11.9. The number of nitrogens with two attached hydrogens (primary N) is 1. The number of sulfone groups is 1. The van der Waals surface area contributed by atoms with Crippen LogP contribution in [-0.4, -0.2) is 37.1 Å². The molecule has 0 spiro atoms. The lowest BCUT2D eigenvalue weighted by Gasteiger charge is -2.14. The van der Waals surface area contributed by atoms with E-state index in [9.17, 15) is 18.3 Å². The highest BCUT2D eigenvalue weighted by molar-refractivity contribution is 7.92. The molecule has 1 atom stereocenters. The predicted octanol–water partition coefficient (Wildman–Crippen LogP) is 3.01. The van der Waals surface area contributed by atoms with Gasteiger partial charge in [-0.3, -0.25) is 4.79 Å². The molecule has 1 aromatic rings. The van der Waals surface area contributed by atoms with Crippen molar-refractivity contribution in [1.82, 2.24) is 0 Å². The van der Waals surface area contributed by atoms with Gasteiger partial charge in [0, 0.05) is 0 Å². The van der Waals surface area contributed by atoms with Crippen molar-refractivity contribution in [2.24, 2.45) is 5.90 Å². The van der Waals surface area contributed by atoms with Gasteiger partial charge in [0.05, 0.1) is 12.0 Å². The molecule has 0 aliphatic carbocycles. The predicted molar refractivity (Wildman–Crippen MR) is 95.6 cm³/mol. The fourth-order valence-corrected chi connectivity index (χ4v) is 4.08. The minimum absolute atomic E-state index is 0.00441. The zero-order valence-corrected chi connectivity index (χ0v) is 15.7. The number of hydrogen-bond acceptors (Lipinski definition) is 6. The Morgan fingerprint density at radius 3 is 2.32 bits per heavy atom. The molecule has 0 bridgehead atoms.